The van der Waals surface area contributed by atoms with Gasteiger partial charge in [0, 0.05) is 18.4 Å². The summed E-state index contributed by atoms with van der Waals surface area (Å²) in [4.78, 5) is 0. The minimum absolute atomic E-state index is 0.630. The lowest BCUT2D eigenvalue weighted by Gasteiger charge is -2.25. The zero-order chi connectivity index (χ0) is 18.3. The highest BCUT2D eigenvalue weighted by Crippen LogP contribution is 2.55. The first-order chi connectivity index (χ1) is 11.7. The van der Waals surface area contributed by atoms with Crippen LogP contribution in [0.1, 0.15) is 52.2 Å². The normalized spacial score (nSPS) is 13.6. The number of allylic oxidation sites excluding steroid dienone is 3. The molecule has 134 valence electrons. The van der Waals surface area contributed by atoms with Crippen LogP contribution in [0.5, 0.6) is 23.0 Å². The standard InChI is InChI=1S/C16H18O4.2C2H6/c1-5-10-8-9(2)12-13(17-3)11-6-7-19-14(11)16(18-4)15(12)20-10;2*1-2/h8H,2,5-7H2,1,3-4H3;2*1-2H3. The molecule has 24 heavy (non-hydrogen) atoms. The van der Waals surface area contributed by atoms with E-state index in [0.29, 0.717) is 18.1 Å². The first-order valence-electron chi connectivity index (χ1n) is 8.72. The third kappa shape index (κ3) is 3.37. The maximum Gasteiger partial charge on any atom is 0.205 e. The van der Waals surface area contributed by atoms with Crippen molar-refractivity contribution in [3.8, 4) is 23.0 Å². The molecule has 0 aliphatic carbocycles. The number of methoxy groups -OCH3 is 2. The van der Waals surface area contributed by atoms with E-state index in [1.165, 1.54) is 0 Å². The second kappa shape index (κ2) is 9.26. The fraction of sp³-hybridized carbons (Fsp3) is 0.500. The van der Waals surface area contributed by atoms with E-state index in [-0.39, 0.29) is 0 Å². The summed E-state index contributed by atoms with van der Waals surface area (Å²) in [5.41, 5.74) is 2.78. The smallest absolute Gasteiger partial charge is 0.205 e. The summed E-state index contributed by atoms with van der Waals surface area (Å²) in [5.74, 6) is 3.65. The van der Waals surface area contributed by atoms with Crippen molar-refractivity contribution in [2.24, 2.45) is 0 Å². The third-order valence-corrected chi connectivity index (χ3v) is 3.66. The summed E-state index contributed by atoms with van der Waals surface area (Å²) in [6.07, 6.45) is 3.55. The summed E-state index contributed by atoms with van der Waals surface area (Å²) < 4.78 is 22.8. The Hall–Kier alpha value is -2.10. The molecule has 0 saturated carbocycles. The fourth-order valence-electron chi connectivity index (χ4n) is 2.75. The van der Waals surface area contributed by atoms with Gasteiger partial charge in [0.25, 0.3) is 0 Å². The van der Waals surface area contributed by atoms with Gasteiger partial charge in [-0.15, -0.1) is 0 Å². The van der Waals surface area contributed by atoms with Crippen molar-refractivity contribution in [2.45, 2.75) is 47.5 Å². The van der Waals surface area contributed by atoms with Crippen molar-refractivity contribution in [1.82, 2.24) is 0 Å². The van der Waals surface area contributed by atoms with Crippen LogP contribution in [-0.4, -0.2) is 20.8 Å². The molecular formula is C20H30O4. The molecule has 2 aliphatic rings. The summed E-state index contributed by atoms with van der Waals surface area (Å²) in [7, 11) is 3.28. The lowest BCUT2D eigenvalue weighted by Crippen LogP contribution is -2.08. The van der Waals surface area contributed by atoms with Crippen LogP contribution in [0.25, 0.3) is 5.57 Å². The molecule has 0 fully saturated rings. The Morgan fingerprint density at radius 3 is 2.21 bits per heavy atom. The van der Waals surface area contributed by atoms with Crippen LogP contribution in [0.4, 0.5) is 0 Å². The van der Waals surface area contributed by atoms with E-state index < -0.39 is 0 Å². The number of ether oxygens (including phenoxy) is 4. The Balaban J connectivity index is 0.000000671. The number of hydrogen-bond acceptors (Lipinski definition) is 4. The number of rotatable bonds is 3. The zero-order valence-corrected chi connectivity index (χ0v) is 16.0. The molecule has 0 aromatic heterocycles. The molecule has 0 amide bonds. The molecule has 4 nitrogen and oxygen atoms in total. The molecule has 0 bridgehead atoms. The maximum absolute atomic E-state index is 5.96. The van der Waals surface area contributed by atoms with Gasteiger partial charge in [-0.1, -0.05) is 41.2 Å². The minimum atomic E-state index is 0.630. The predicted molar refractivity (Wildman–Crippen MR) is 99.5 cm³/mol. The lowest BCUT2D eigenvalue weighted by atomic mass is 9.96. The molecule has 2 heterocycles. The summed E-state index contributed by atoms with van der Waals surface area (Å²) in [6, 6.07) is 0. The van der Waals surface area contributed by atoms with Crippen LogP contribution in [0.3, 0.4) is 0 Å². The first kappa shape index (κ1) is 19.9. The second-order valence-electron chi connectivity index (χ2n) is 4.77. The van der Waals surface area contributed by atoms with Gasteiger partial charge in [-0.25, -0.2) is 0 Å². The van der Waals surface area contributed by atoms with Gasteiger partial charge in [0.1, 0.15) is 11.5 Å². The molecule has 0 N–H and O–H groups in total. The van der Waals surface area contributed by atoms with Gasteiger partial charge >= 0.3 is 0 Å². The molecule has 2 aliphatic heterocycles. The van der Waals surface area contributed by atoms with Crippen molar-refractivity contribution >= 4 is 5.57 Å². The number of fused-ring (bicyclic) bond motifs is 2. The summed E-state index contributed by atoms with van der Waals surface area (Å²) >= 11 is 0. The Bertz CT molecular complexity index is 615. The minimum Gasteiger partial charge on any atom is -0.496 e. The molecule has 1 aromatic rings. The summed E-state index contributed by atoms with van der Waals surface area (Å²) in [6.45, 7) is 14.8. The molecule has 0 radical (unpaired) electrons. The van der Waals surface area contributed by atoms with Crippen molar-refractivity contribution < 1.29 is 18.9 Å². The highest BCUT2D eigenvalue weighted by Gasteiger charge is 2.33. The molecule has 4 heteroatoms. The van der Waals surface area contributed by atoms with Crippen molar-refractivity contribution in [1.29, 1.82) is 0 Å². The van der Waals surface area contributed by atoms with Crippen LogP contribution >= 0.6 is 0 Å². The van der Waals surface area contributed by atoms with Gasteiger partial charge in [-0.05, 0) is 11.6 Å². The fourth-order valence-corrected chi connectivity index (χ4v) is 2.75. The van der Waals surface area contributed by atoms with E-state index in [1.807, 2.05) is 40.7 Å². The van der Waals surface area contributed by atoms with E-state index in [9.17, 15) is 0 Å². The largest absolute Gasteiger partial charge is 0.496 e. The van der Waals surface area contributed by atoms with Crippen LogP contribution in [-0.2, 0) is 6.42 Å². The number of benzene rings is 1. The van der Waals surface area contributed by atoms with Crippen molar-refractivity contribution in [3.63, 3.8) is 0 Å². The molecule has 1 aromatic carbocycles. The van der Waals surface area contributed by atoms with Crippen molar-refractivity contribution in [2.75, 3.05) is 20.8 Å². The van der Waals surface area contributed by atoms with Crippen LogP contribution in [0.15, 0.2) is 18.4 Å². The highest BCUT2D eigenvalue weighted by molar-refractivity contribution is 5.87. The first-order valence-corrected chi connectivity index (χ1v) is 8.72. The Morgan fingerprint density at radius 1 is 1.04 bits per heavy atom. The van der Waals surface area contributed by atoms with Gasteiger partial charge in [-0.3, -0.25) is 0 Å². The van der Waals surface area contributed by atoms with Gasteiger partial charge in [0.15, 0.2) is 11.5 Å². The highest BCUT2D eigenvalue weighted by atomic mass is 16.5. The topological polar surface area (TPSA) is 36.9 Å². The average molecular weight is 334 g/mol. The van der Waals surface area contributed by atoms with E-state index >= 15 is 0 Å². The monoisotopic (exact) mass is 334 g/mol. The van der Waals surface area contributed by atoms with E-state index in [1.54, 1.807) is 14.2 Å². The van der Waals surface area contributed by atoms with Crippen LogP contribution < -0.4 is 18.9 Å². The molecule has 0 atom stereocenters. The van der Waals surface area contributed by atoms with Gasteiger partial charge < -0.3 is 18.9 Å². The molecular weight excluding hydrogens is 304 g/mol. The van der Waals surface area contributed by atoms with E-state index in [2.05, 4.69) is 6.58 Å². The number of hydrogen-bond donors (Lipinski definition) is 0. The molecule has 0 saturated heterocycles. The SMILES string of the molecule is C=C1C=C(CC)Oc2c(OC)c3c(c(OC)c21)CCO3.CC.CC. The van der Waals surface area contributed by atoms with Crippen LogP contribution in [0, 0.1) is 0 Å². The zero-order valence-electron chi connectivity index (χ0n) is 16.0. The van der Waals surface area contributed by atoms with Gasteiger partial charge in [0.05, 0.1) is 26.4 Å². The lowest BCUT2D eigenvalue weighted by molar-refractivity contribution is 0.306. The summed E-state index contributed by atoms with van der Waals surface area (Å²) in [5, 5.41) is 0. The molecule has 0 unspecified atom stereocenters. The second-order valence-corrected chi connectivity index (χ2v) is 4.77. The Morgan fingerprint density at radius 2 is 1.67 bits per heavy atom. The van der Waals surface area contributed by atoms with Gasteiger partial charge in [0.2, 0.25) is 5.75 Å². The van der Waals surface area contributed by atoms with Gasteiger partial charge in [-0.2, -0.15) is 0 Å². The van der Waals surface area contributed by atoms with Crippen molar-refractivity contribution in [3.05, 3.63) is 29.5 Å². The molecule has 3 rings (SSSR count). The Kier molecular flexibility index (Phi) is 7.69. The van der Waals surface area contributed by atoms with E-state index in [0.717, 1.165) is 46.8 Å². The third-order valence-electron chi connectivity index (χ3n) is 3.66. The quantitative estimate of drug-likeness (QED) is 0.742. The maximum atomic E-state index is 5.96. The average Bonchev–Trinajstić information content (AvgIpc) is 3.12. The Labute approximate surface area is 146 Å². The predicted octanol–water partition coefficient (Wildman–Crippen LogP) is 5.39. The van der Waals surface area contributed by atoms with E-state index in [4.69, 9.17) is 18.9 Å². The molecule has 0 spiro atoms. The van der Waals surface area contributed by atoms with Crippen LogP contribution in [0.2, 0.25) is 0 Å².